The lowest BCUT2D eigenvalue weighted by molar-refractivity contribution is 0.0641. The third kappa shape index (κ3) is 2.67. The van der Waals surface area contributed by atoms with E-state index in [4.69, 9.17) is 4.74 Å². The first-order valence-electron chi connectivity index (χ1n) is 4.16. The van der Waals surface area contributed by atoms with E-state index in [-0.39, 0.29) is 0 Å². The topological polar surface area (TPSA) is 21.3 Å². The lowest BCUT2D eigenvalue weighted by atomic mass is 9.97. The van der Waals surface area contributed by atoms with Crippen molar-refractivity contribution < 1.29 is 4.74 Å². The number of hydrogen-bond acceptors (Lipinski definition) is 2. The van der Waals surface area contributed by atoms with Gasteiger partial charge in [0, 0.05) is 13.2 Å². The van der Waals surface area contributed by atoms with Gasteiger partial charge in [0.15, 0.2) is 0 Å². The van der Waals surface area contributed by atoms with Gasteiger partial charge in [-0.3, -0.25) is 0 Å². The Hall–Kier alpha value is -0.0800. The van der Waals surface area contributed by atoms with Gasteiger partial charge in [-0.05, 0) is 38.8 Å². The summed E-state index contributed by atoms with van der Waals surface area (Å²) in [7, 11) is 2.01. The highest BCUT2D eigenvalue weighted by Gasteiger charge is 2.11. The van der Waals surface area contributed by atoms with Gasteiger partial charge in [0.1, 0.15) is 0 Å². The number of ether oxygens (including phenoxy) is 1. The van der Waals surface area contributed by atoms with E-state index in [1.165, 1.54) is 19.3 Å². The summed E-state index contributed by atoms with van der Waals surface area (Å²) in [5.74, 6) is 0.918. The first-order valence-corrected chi connectivity index (χ1v) is 4.16. The predicted octanol–water partition coefficient (Wildman–Crippen LogP) is 1.02. The van der Waals surface area contributed by atoms with Crippen molar-refractivity contribution in [1.82, 2.24) is 5.32 Å². The molecule has 0 aromatic carbocycles. The Morgan fingerprint density at radius 1 is 1.40 bits per heavy atom. The average molecular weight is 143 g/mol. The number of hydrogen-bond donors (Lipinski definition) is 1. The van der Waals surface area contributed by atoms with Crippen molar-refractivity contribution in [2.24, 2.45) is 5.92 Å². The molecular formula is C8H17NO. The molecule has 2 nitrogen and oxygen atoms in total. The summed E-state index contributed by atoms with van der Waals surface area (Å²) in [5.41, 5.74) is 0. The average Bonchev–Trinajstić information content (AvgIpc) is 2.03. The third-order valence-electron chi connectivity index (χ3n) is 2.14. The van der Waals surface area contributed by atoms with Crippen LogP contribution < -0.4 is 5.32 Å². The Balaban J connectivity index is 2.02. The van der Waals surface area contributed by atoms with E-state index >= 15 is 0 Å². The zero-order chi connectivity index (χ0) is 7.23. The molecule has 0 unspecified atom stereocenters. The van der Waals surface area contributed by atoms with E-state index in [1.54, 1.807) is 0 Å². The second kappa shape index (κ2) is 4.69. The van der Waals surface area contributed by atoms with Gasteiger partial charge in [0.25, 0.3) is 0 Å². The Labute approximate surface area is 63.0 Å². The van der Waals surface area contributed by atoms with Crippen LogP contribution in [0.15, 0.2) is 0 Å². The molecule has 0 aliphatic carbocycles. The van der Waals surface area contributed by atoms with Crippen LogP contribution in [0.2, 0.25) is 0 Å². The van der Waals surface area contributed by atoms with Gasteiger partial charge in [-0.2, -0.15) is 0 Å². The van der Waals surface area contributed by atoms with Crippen LogP contribution in [0.4, 0.5) is 0 Å². The monoisotopic (exact) mass is 143 g/mol. The molecule has 0 saturated carbocycles. The third-order valence-corrected chi connectivity index (χ3v) is 2.14. The molecule has 0 atom stereocenters. The number of rotatable bonds is 3. The fourth-order valence-corrected chi connectivity index (χ4v) is 1.38. The molecule has 1 aliphatic rings. The molecule has 0 bridgehead atoms. The summed E-state index contributed by atoms with van der Waals surface area (Å²) < 4.78 is 5.26. The quantitative estimate of drug-likeness (QED) is 0.637. The molecule has 0 radical (unpaired) electrons. The highest BCUT2D eigenvalue weighted by atomic mass is 16.5. The Bertz CT molecular complexity index is 79.3. The van der Waals surface area contributed by atoms with Crippen molar-refractivity contribution in [1.29, 1.82) is 0 Å². The summed E-state index contributed by atoms with van der Waals surface area (Å²) in [6.07, 6.45) is 3.85. The highest BCUT2D eigenvalue weighted by molar-refractivity contribution is 4.63. The Morgan fingerprint density at radius 2 is 2.10 bits per heavy atom. The summed E-state index contributed by atoms with van der Waals surface area (Å²) in [6, 6.07) is 0. The van der Waals surface area contributed by atoms with Crippen LogP contribution in [0, 0.1) is 5.92 Å². The molecular weight excluding hydrogens is 126 g/mol. The maximum absolute atomic E-state index is 5.26. The Morgan fingerprint density at radius 3 is 2.70 bits per heavy atom. The molecule has 1 saturated heterocycles. The maximum Gasteiger partial charge on any atom is 0.0468 e. The molecule has 1 heterocycles. The van der Waals surface area contributed by atoms with Gasteiger partial charge < -0.3 is 10.1 Å². The minimum Gasteiger partial charge on any atom is -0.381 e. The summed E-state index contributed by atoms with van der Waals surface area (Å²) in [5, 5.41) is 3.17. The van der Waals surface area contributed by atoms with Gasteiger partial charge in [-0.25, -0.2) is 0 Å². The minimum atomic E-state index is 0.918. The predicted molar refractivity (Wildman–Crippen MR) is 42.1 cm³/mol. The fraction of sp³-hybridized carbons (Fsp3) is 1.00. The maximum atomic E-state index is 5.26. The first kappa shape index (κ1) is 8.02. The van der Waals surface area contributed by atoms with Crippen LogP contribution in [0.3, 0.4) is 0 Å². The van der Waals surface area contributed by atoms with E-state index < -0.39 is 0 Å². The van der Waals surface area contributed by atoms with Crippen LogP contribution in [0.1, 0.15) is 19.3 Å². The van der Waals surface area contributed by atoms with Crippen LogP contribution in [-0.4, -0.2) is 26.8 Å². The van der Waals surface area contributed by atoms with Gasteiger partial charge in [-0.1, -0.05) is 0 Å². The van der Waals surface area contributed by atoms with Crippen molar-refractivity contribution in [2.45, 2.75) is 19.3 Å². The second-order valence-corrected chi connectivity index (χ2v) is 2.95. The second-order valence-electron chi connectivity index (χ2n) is 2.95. The summed E-state index contributed by atoms with van der Waals surface area (Å²) in [4.78, 5) is 0. The first-order chi connectivity index (χ1) is 4.93. The van der Waals surface area contributed by atoms with Gasteiger partial charge in [0.05, 0.1) is 0 Å². The summed E-state index contributed by atoms with van der Waals surface area (Å²) >= 11 is 0. The van der Waals surface area contributed by atoms with Crippen molar-refractivity contribution in [2.75, 3.05) is 26.8 Å². The molecule has 10 heavy (non-hydrogen) atoms. The van der Waals surface area contributed by atoms with Gasteiger partial charge >= 0.3 is 0 Å². The standard InChI is InChI=1S/C8H17NO/c1-9-5-2-8-3-6-10-7-4-8/h8-9H,2-7H2,1H3. The van der Waals surface area contributed by atoms with Gasteiger partial charge in [-0.15, -0.1) is 0 Å². The largest absolute Gasteiger partial charge is 0.381 e. The summed E-state index contributed by atoms with van der Waals surface area (Å²) in [6.45, 7) is 3.12. The molecule has 0 aromatic heterocycles. The van der Waals surface area contributed by atoms with Crippen molar-refractivity contribution in [3.05, 3.63) is 0 Å². The molecule has 2 heteroatoms. The molecule has 1 rings (SSSR count). The van der Waals surface area contributed by atoms with Crippen molar-refractivity contribution in [3.8, 4) is 0 Å². The van der Waals surface area contributed by atoms with E-state index in [9.17, 15) is 0 Å². The lowest BCUT2D eigenvalue weighted by Crippen LogP contribution is -2.20. The Kier molecular flexibility index (Phi) is 3.76. The van der Waals surface area contributed by atoms with E-state index in [0.717, 1.165) is 25.7 Å². The van der Waals surface area contributed by atoms with Gasteiger partial charge in [0.2, 0.25) is 0 Å². The van der Waals surface area contributed by atoms with E-state index in [2.05, 4.69) is 5.32 Å². The van der Waals surface area contributed by atoms with E-state index in [1.807, 2.05) is 7.05 Å². The SMILES string of the molecule is CNCCC1CCOCC1. The number of nitrogens with one attached hydrogen (secondary N) is 1. The lowest BCUT2D eigenvalue weighted by Gasteiger charge is -2.21. The molecule has 0 aromatic rings. The van der Waals surface area contributed by atoms with Crippen LogP contribution >= 0.6 is 0 Å². The smallest absolute Gasteiger partial charge is 0.0468 e. The van der Waals surface area contributed by atoms with E-state index in [0.29, 0.717) is 0 Å². The molecule has 0 amide bonds. The van der Waals surface area contributed by atoms with Crippen LogP contribution in [-0.2, 0) is 4.74 Å². The van der Waals surface area contributed by atoms with Crippen molar-refractivity contribution in [3.63, 3.8) is 0 Å². The zero-order valence-electron chi connectivity index (χ0n) is 6.73. The molecule has 1 aliphatic heterocycles. The van der Waals surface area contributed by atoms with Crippen LogP contribution in [0.5, 0.6) is 0 Å². The molecule has 1 fully saturated rings. The normalized spacial score (nSPS) is 21.3. The minimum absolute atomic E-state index is 0.918. The zero-order valence-corrected chi connectivity index (χ0v) is 6.73. The highest BCUT2D eigenvalue weighted by Crippen LogP contribution is 2.17. The molecule has 60 valence electrons. The fourth-order valence-electron chi connectivity index (χ4n) is 1.38. The van der Waals surface area contributed by atoms with Crippen LogP contribution in [0.25, 0.3) is 0 Å². The van der Waals surface area contributed by atoms with Crippen molar-refractivity contribution >= 4 is 0 Å². The molecule has 0 spiro atoms. The molecule has 1 N–H and O–H groups in total.